The Hall–Kier alpha value is -3.49. The summed E-state index contributed by atoms with van der Waals surface area (Å²) in [7, 11) is -0.491. The van der Waals surface area contributed by atoms with Crippen molar-refractivity contribution in [1.82, 2.24) is 5.32 Å². The number of esters is 1. The highest BCUT2D eigenvalue weighted by atomic mass is 32.2. The fourth-order valence-corrected chi connectivity index (χ4v) is 8.31. The number of allylic oxidation sites excluding steroid dienone is 2. The van der Waals surface area contributed by atoms with Crippen LogP contribution in [0, 0.1) is 0 Å². The second-order valence-electron chi connectivity index (χ2n) is 8.68. The molecule has 3 heterocycles. The molecule has 0 saturated heterocycles. The molecular weight excluding hydrogens is 480 g/mol. The first kappa shape index (κ1) is 22.0. The molecule has 3 aromatic carbocycles. The third-order valence-corrected chi connectivity index (χ3v) is 9.85. The van der Waals surface area contributed by atoms with Crippen LogP contribution in [0.3, 0.4) is 0 Å². The van der Waals surface area contributed by atoms with Crippen LogP contribution < -0.4 is 10.2 Å². The van der Waals surface area contributed by atoms with E-state index < -0.39 is 21.7 Å². The molecule has 35 heavy (non-hydrogen) atoms. The van der Waals surface area contributed by atoms with Crippen molar-refractivity contribution in [2.24, 2.45) is 0 Å². The van der Waals surface area contributed by atoms with E-state index in [1.54, 1.807) is 36.9 Å². The molecule has 0 spiro atoms. The lowest BCUT2D eigenvalue weighted by Crippen LogP contribution is -2.29. The standard InChI is InChI=1S/C27H22N2O4S2/c1-15-23(27(30)33-3)24(26-25(28-15)17-8-4-7-11-22(17)35(26,31)32)16-12-13-19-21(14-16)34-20-10-6-5-9-18(20)29(19)2/h4-14,24,28H,1-3H3. The number of benzene rings is 3. The molecule has 8 heteroatoms. The Labute approximate surface area is 208 Å². The van der Waals surface area contributed by atoms with E-state index in [0.717, 1.165) is 26.7 Å². The summed E-state index contributed by atoms with van der Waals surface area (Å²) in [6, 6.07) is 21.0. The Kier molecular flexibility index (Phi) is 4.88. The molecule has 176 valence electrons. The van der Waals surface area contributed by atoms with Gasteiger partial charge in [-0.2, -0.15) is 0 Å². The van der Waals surface area contributed by atoms with Gasteiger partial charge in [0.05, 0.1) is 45.5 Å². The average molecular weight is 503 g/mol. The van der Waals surface area contributed by atoms with Crippen molar-refractivity contribution in [2.45, 2.75) is 27.5 Å². The third-order valence-electron chi connectivity index (χ3n) is 6.78. The predicted molar refractivity (Wildman–Crippen MR) is 136 cm³/mol. The van der Waals surface area contributed by atoms with Crippen molar-refractivity contribution in [3.05, 3.63) is 94.0 Å². The highest BCUT2D eigenvalue weighted by Crippen LogP contribution is 2.53. The molecule has 0 bridgehead atoms. The van der Waals surface area contributed by atoms with Gasteiger partial charge >= 0.3 is 5.97 Å². The number of anilines is 2. The molecule has 6 rings (SSSR count). The van der Waals surface area contributed by atoms with Crippen LogP contribution in [0.2, 0.25) is 0 Å². The predicted octanol–water partition coefficient (Wildman–Crippen LogP) is 5.21. The number of nitrogens with zero attached hydrogens (tertiary/aromatic N) is 1. The van der Waals surface area contributed by atoms with Crippen molar-refractivity contribution in [3.8, 4) is 0 Å². The minimum absolute atomic E-state index is 0.194. The van der Waals surface area contributed by atoms with E-state index in [-0.39, 0.29) is 9.80 Å². The van der Waals surface area contributed by atoms with Crippen molar-refractivity contribution in [3.63, 3.8) is 0 Å². The molecule has 0 fully saturated rings. The summed E-state index contributed by atoms with van der Waals surface area (Å²) in [5.74, 6) is -1.34. The maximum atomic E-state index is 13.8. The van der Waals surface area contributed by atoms with Gasteiger partial charge in [-0.15, -0.1) is 0 Å². The van der Waals surface area contributed by atoms with Gasteiger partial charge in [-0.05, 0) is 42.8 Å². The highest BCUT2D eigenvalue weighted by Gasteiger charge is 2.46. The van der Waals surface area contributed by atoms with Crippen molar-refractivity contribution in [2.75, 3.05) is 19.1 Å². The van der Waals surface area contributed by atoms with Crippen LogP contribution in [-0.2, 0) is 19.4 Å². The molecule has 0 aliphatic carbocycles. The summed E-state index contributed by atoms with van der Waals surface area (Å²) in [5, 5.41) is 3.20. The molecule has 0 radical (unpaired) electrons. The van der Waals surface area contributed by atoms with E-state index in [0.29, 0.717) is 22.5 Å². The van der Waals surface area contributed by atoms with Crippen LogP contribution >= 0.6 is 11.8 Å². The number of hydrogen-bond donors (Lipinski definition) is 1. The molecule has 1 unspecified atom stereocenters. The first-order chi connectivity index (χ1) is 16.8. The second-order valence-corrected chi connectivity index (χ2v) is 11.7. The zero-order valence-electron chi connectivity index (χ0n) is 19.3. The molecule has 0 aromatic heterocycles. The fourth-order valence-electron chi connectivity index (χ4n) is 5.16. The normalized spacial score (nSPS) is 19.4. The van der Waals surface area contributed by atoms with Crippen LogP contribution in [0.1, 0.15) is 24.0 Å². The van der Waals surface area contributed by atoms with Gasteiger partial charge in [0.1, 0.15) is 0 Å². The van der Waals surface area contributed by atoms with E-state index in [9.17, 15) is 13.2 Å². The van der Waals surface area contributed by atoms with E-state index in [4.69, 9.17) is 4.74 Å². The second kappa shape index (κ2) is 7.76. The number of carbonyl (C=O) groups is 1. The lowest BCUT2D eigenvalue weighted by Gasteiger charge is -2.32. The number of carbonyl (C=O) groups excluding carboxylic acids is 1. The van der Waals surface area contributed by atoms with Crippen LogP contribution in [0.5, 0.6) is 0 Å². The lowest BCUT2D eigenvalue weighted by atomic mass is 9.85. The average Bonchev–Trinajstić information content (AvgIpc) is 3.09. The van der Waals surface area contributed by atoms with Gasteiger partial charge in [-0.3, -0.25) is 0 Å². The molecule has 3 aromatic rings. The van der Waals surface area contributed by atoms with E-state index in [1.807, 2.05) is 43.4 Å². The molecule has 3 aliphatic rings. The first-order valence-corrected chi connectivity index (χ1v) is 13.4. The van der Waals surface area contributed by atoms with Crippen molar-refractivity contribution < 1.29 is 17.9 Å². The number of methoxy groups -OCH3 is 1. The maximum Gasteiger partial charge on any atom is 0.336 e. The number of nitrogens with one attached hydrogen (secondary N) is 1. The van der Waals surface area contributed by atoms with E-state index in [2.05, 4.69) is 22.3 Å². The van der Waals surface area contributed by atoms with Gasteiger partial charge in [0.2, 0.25) is 9.84 Å². The van der Waals surface area contributed by atoms with Gasteiger partial charge in [0.15, 0.2) is 0 Å². The van der Waals surface area contributed by atoms with Crippen LogP contribution in [0.15, 0.2) is 97.6 Å². The highest BCUT2D eigenvalue weighted by molar-refractivity contribution is 7.99. The van der Waals surface area contributed by atoms with Crippen molar-refractivity contribution in [1.29, 1.82) is 0 Å². The summed E-state index contributed by atoms with van der Waals surface area (Å²) in [4.78, 5) is 17.7. The smallest absolute Gasteiger partial charge is 0.336 e. The van der Waals surface area contributed by atoms with Gasteiger partial charge in [0, 0.05) is 28.1 Å². The Morgan fingerprint density at radius 2 is 1.71 bits per heavy atom. The number of hydrogen-bond acceptors (Lipinski definition) is 7. The number of rotatable bonds is 2. The van der Waals surface area contributed by atoms with Gasteiger partial charge < -0.3 is 15.0 Å². The van der Waals surface area contributed by atoms with Gasteiger partial charge in [-0.1, -0.05) is 48.2 Å². The fraction of sp³-hybridized carbons (Fsp3) is 0.148. The summed E-state index contributed by atoms with van der Waals surface area (Å²) in [6.07, 6.45) is 0. The summed E-state index contributed by atoms with van der Waals surface area (Å²) in [5.41, 5.74) is 4.91. The Morgan fingerprint density at radius 3 is 2.51 bits per heavy atom. The maximum absolute atomic E-state index is 13.8. The van der Waals surface area contributed by atoms with Crippen LogP contribution in [0.25, 0.3) is 5.70 Å². The van der Waals surface area contributed by atoms with Gasteiger partial charge in [0.25, 0.3) is 0 Å². The largest absolute Gasteiger partial charge is 0.466 e. The molecule has 1 atom stereocenters. The molecule has 0 amide bonds. The van der Waals surface area contributed by atoms with Gasteiger partial charge in [-0.25, -0.2) is 13.2 Å². The van der Waals surface area contributed by atoms with Crippen LogP contribution in [-0.4, -0.2) is 28.5 Å². The number of dihydropyridines is 1. The third kappa shape index (κ3) is 3.10. The summed E-state index contributed by atoms with van der Waals surface area (Å²) < 4.78 is 32.7. The minimum Gasteiger partial charge on any atom is -0.466 e. The monoisotopic (exact) mass is 502 g/mol. The first-order valence-electron chi connectivity index (χ1n) is 11.1. The molecule has 0 saturated carbocycles. The Balaban J connectivity index is 1.56. The lowest BCUT2D eigenvalue weighted by molar-refractivity contribution is -0.136. The number of fused-ring (bicyclic) bond motifs is 4. The Bertz CT molecular complexity index is 1600. The molecular formula is C27H22N2O4S2. The minimum atomic E-state index is -3.82. The topological polar surface area (TPSA) is 75.7 Å². The van der Waals surface area contributed by atoms with E-state index >= 15 is 0 Å². The number of sulfone groups is 1. The SMILES string of the molecule is COC(=O)C1=C(C)NC2=C(C1c1ccc3c(c1)Sc1ccccc1N3C)S(=O)(=O)c1ccccc12. The summed E-state index contributed by atoms with van der Waals surface area (Å²) in [6.45, 7) is 1.79. The summed E-state index contributed by atoms with van der Waals surface area (Å²) >= 11 is 1.64. The van der Waals surface area contributed by atoms with E-state index in [1.165, 1.54) is 7.11 Å². The zero-order chi connectivity index (χ0) is 24.5. The zero-order valence-corrected chi connectivity index (χ0v) is 21.0. The quantitative estimate of drug-likeness (QED) is 0.482. The van der Waals surface area contributed by atoms with Crippen molar-refractivity contribution >= 4 is 44.6 Å². The van der Waals surface area contributed by atoms with Crippen LogP contribution in [0.4, 0.5) is 11.4 Å². The molecule has 1 N–H and O–H groups in total. The number of para-hydroxylation sites is 1. The number of ether oxygens (including phenoxy) is 1. The Morgan fingerprint density at radius 1 is 1.00 bits per heavy atom. The molecule has 3 aliphatic heterocycles. The molecule has 6 nitrogen and oxygen atoms in total.